The lowest BCUT2D eigenvalue weighted by Gasteiger charge is -2.17. The Morgan fingerprint density at radius 1 is 1.71 bits per heavy atom. The fourth-order valence-corrected chi connectivity index (χ4v) is 2.27. The molecule has 1 aromatic heterocycles. The molecule has 1 fully saturated rings. The Kier molecular flexibility index (Phi) is 3.08. The van der Waals surface area contributed by atoms with Crippen molar-refractivity contribution in [2.75, 3.05) is 12.5 Å². The zero-order chi connectivity index (χ0) is 9.97. The van der Waals surface area contributed by atoms with Crippen LogP contribution in [0.3, 0.4) is 0 Å². The second kappa shape index (κ2) is 4.32. The second-order valence-electron chi connectivity index (χ2n) is 3.60. The van der Waals surface area contributed by atoms with Crippen molar-refractivity contribution in [3.8, 4) is 0 Å². The van der Waals surface area contributed by atoms with E-state index in [0.717, 1.165) is 25.3 Å². The topological polar surface area (TPSA) is 27.1 Å². The van der Waals surface area contributed by atoms with E-state index in [2.05, 4.69) is 16.5 Å². The van der Waals surface area contributed by atoms with Crippen LogP contribution in [0.25, 0.3) is 0 Å². The third kappa shape index (κ3) is 1.66. The molecule has 14 heavy (non-hydrogen) atoms. The molecule has 2 atom stereocenters. The van der Waals surface area contributed by atoms with Crippen molar-refractivity contribution in [2.45, 2.75) is 26.0 Å². The summed E-state index contributed by atoms with van der Waals surface area (Å²) in [6, 6.07) is 0. The van der Waals surface area contributed by atoms with E-state index in [-0.39, 0.29) is 6.10 Å². The molecular weight excluding hydrogens is 200 g/mol. The molecule has 0 saturated carbocycles. The maximum atomic E-state index is 5.91. The Labute approximate surface area is 89.0 Å². The van der Waals surface area contributed by atoms with Gasteiger partial charge in [-0.25, -0.2) is 4.98 Å². The lowest BCUT2D eigenvalue weighted by atomic mass is 10.0. The van der Waals surface area contributed by atoms with Crippen molar-refractivity contribution in [3.63, 3.8) is 0 Å². The number of aromatic nitrogens is 2. The van der Waals surface area contributed by atoms with Crippen molar-refractivity contribution in [2.24, 2.45) is 5.92 Å². The zero-order valence-corrected chi connectivity index (χ0v) is 9.07. The average molecular weight is 215 g/mol. The molecule has 1 aromatic rings. The van der Waals surface area contributed by atoms with E-state index in [1.807, 2.05) is 12.5 Å². The van der Waals surface area contributed by atoms with Crippen LogP contribution >= 0.6 is 11.6 Å². The number of rotatable bonds is 3. The van der Waals surface area contributed by atoms with E-state index in [1.54, 1.807) is 0 Å². The highest BCUT2D eigenvalue weighted by molar-refractivity contribution is 6.18. The first-order valence-electron chi connectivity index (χ1n) is 5.04. The van der Waals surface area contributed by atoms with Crippen LogP contribution in [0.5, 0.6) is 0 Å². The third-order valence-corrected chi connectivity index (χ3v) is 3.19. The third-order valence-electron chi connectivity index (χ3n) is 2.79. The van der Waals surface area contributed by atoms with Crippen molar-refractivity contribution >= 4 is 11.6 Å². The van der Waals surface area contributed by atoms with Gasteiger partial charge in [-0.15, -0.1) is 11.6 Å². The molecule has 2 unspecified atom stereocenters. The van der Waals surface area contributed by atoms with Gasteiger partial charge in [0, 0.05) is 24.9 Å². The van der Waals surface area contributed by atoms with Crippen LogP contribution in [0.1, 0.15) is 25.1 Å². The molecule has 78 valence electrons. The van der Waals surface area contributed by atoms with Crippen LogP contribution < -0.4 is 0 Å². The largest absolute Gasteiger partial charge is 0.372 e. The molecule has 1 saturated heterocycles. The van der Waals surface area contributed by atoms with Gasteiger partial charge in [0.15, 0.2) is 0 Å². The van der Waals surface area contributed by atoms with Crippen molar-refractivity contribution < 1.29 is 4.74 Å². The average Bonchev–Trinajstić information content (AvgIpc) is 2.85. The maximum absolute atomic E-state index is 5.91. The van der Waals surface area contributed by atoms with Crippen molar-refractivity contribution in [1.29, 1.82) is 0 Å². The maximum Gasteiger partial charge on any atom is 0.103 e. The predicted octanol–water partition coefficient (Wildman–Crippen LogP) is 2.22. The summed E-state index contributed by atoms with van der Waals surface area (Å²) < 4.78 is 7.82. The SMILES string of the molecule is CCn1cncc1C1OCCC1CCl. The molecule has 4 heteroatoms. The molecule has 2 rings (SSSR count). The second-order valence-corrected chi connectivity index (χ2v) is 3.91. The molecule has 1 aliphatic heterocycles. The Morgan fingerprint density at radius 2 is 2.57 bits per heavy atom. The number of hydrogen-bond acceptors (Lipinski definition) is 2. The highest BCUT2D eigenvalue weighted by atomic mass is 35.5. The van der Waals surface area contributed by atoms with E-state index in [0.29, 0.717) is 11.8 Å². The van der Waals surface area contributed by atoms with Gasteiger partial charge in [0.1, 0.15) is 6.10 Å². The van der Waals surface area contributed by atoms with Gasteiger partial charge in [-0.2, -0.15) is 0 Å². The van der Waals surface area contributed by atoms with Gasteiger partial charge >= 0.3 is 0 Å². The standard InChI is InChI=1S/C10H15ClN2O/c1-2-13-7-12-6-9(13)10-8(5-11)3-4-14-10/h6-8,10H,2-5H2,1H3. The van der Waals surface area contributed by atoms with Crippen molar-refractivity contribution in [1.82, 2.24) is 9.55 Å². The molecule has 1 aliphatic rings. The van der Waals surface area contributed by atoms with Crippen LogP contribution in [0.4, 0.5) is 0 Å². The van der Waals surface area contributed by atoms with Crippen LogP contribution in [0.15, 0.2) is 12.5 Å². The summed E-state index contributed by atoms with van der Waals surface area (Å²) in [5.41, 5.74) is 1.16. The van der Waals surface area contributed by atoms with Gasteiger partial charge in [-0.1, -0.05) is 0 Å². The Balaban J connectivity index is 2.21. The fraction of sp³-hybridized carbons (Fsp3) is 0.700. The van der Waals surface area contributed by atoms with E-state index < -0.39 is 0 Å². The molecule has 0 spiro atoms. The van der Waals surface area contributed by atoms with Gasteiger partial charge in [0.2, 0.25) is 0 Å². The molecule has 0 N–H and O–H groups in total. The quantitative estimate of drug-likeness (QED) is 0.722. The lowest BCUT2D eigenvalue weighted by Crippen LogP contribution is -2.13. The predicted molar refractivity (Wildman–Crippen MR) is 55.4 cm³/mol. The van der Waals surface area contributed by atoms with E-state index in [4.69, 9.17) is 16.3 Å². The molecule has 0 bridgehead atoms. The van der Waals surface area contributed by atoms with Gasteiger partial charge in [-0.05, 0) is 13.3 Å². The molecule has 3 nitrogen and oxygen atoms in total. The number of aryl methyl sites for hydroxylation is 1. The normalized spacial score (nSPS) is 27.0. The number of ether oxygens (including phenoxy) is 1. The number of alkyl halides is 1. The van der Waals surface area contributed by atoms with E-state index >= 15 is 0 Å². The molecule has 0 amide bonds. The van der Waals surface area contributed by atoms with E-state index in [9.17, 15) is 0 Å². The van der Waals surface area contributed by atoms with Crippen LogP contribution in [0, 0.1) is 5.92 Å². The molecule has 0 radical (unpaired) electrons. The van der Waals surface area contributed by atoms with Gasteiger partial charge in [0.25, 0.3) is 0 Å². The summed E-state index contributed by atoms with van der Waals surface area (Å²) in [7, 11) is 0. The van der Waals surface area contributed by atoms with Crippen LogP contribution in [-0.4, -0.2) is 22.0 Å². The number of halogens is 1. The summed E-state index contributed by atoms with van der Waals surface area (Å²) in [6.07, 6.45) is 4.94. The molecular formula is C10H15ClN2O. The van der Waals surface area contributed by atoms with Gasteiger partial charge in [0.05, 0.1) is 18.2 Å². The minimum atomic E-state index is 0.148. The number of imidazole rings is 1. The highest BCUT2D eigenvalue weighted by Gasteiger charge is 2.30. The minimum absolute atomic E-state index is 0.148. The smallest absolute Gasteiger partial charge is 0.103 e. The number of hydrogen-bond donors (Lipinski definition) is 0. The first-order chi connectivity index (χ1) is 6.86. The molecule has 0 aromatic carbocycles. The Hall–Kier alpha value is -0.540. The monoisotopic (exact) mass is 214 g/mol. The summed E-state index contributed by atoms with van der Waals surface area (Å²) >= 11 is 5.91. The van der Waals surface area contributed by atoms with Crippen LogP contribution in [-0.2, 0) is 11.3 Å². The van der Waals surface area contributed by atoms with Crippen molar-refractivity contribution in [3.05, 3.63) is 18.2 Å². The number of nitrogens with zero attached hydrogens (tertiary/aromatic N) is 2. The van der Waals surface area contributed by atoms with Gasteiger partial charge in [-0.3, -0.25) is 0 Å². The summed E-state index contributed by atoms with van der Waals surface area (Å²) in [4.78, 5) is 4.15. The summed E-state index contributed by atoms with van der Waals surface area (Å²) in [5.74, 6) is 1.11. The highest BCUT2D eigenvalue weighted by Crippen LogP contribution is 2.34. The Morgan fingerprint density at radius 3 is 3.29 bits per heavy atom. The summed E-state index contributed by atoms with van der Waals surface area (Å²) in [5, 5.41) is 0. The molecule has 2 heterocycles. The van der Waals surface area contributed by atoms with E-state index in [1.165, 1.54) is 0 Å². The fourth-order valence-electron chi connectivity index (χ4n) is 1.95. The van der Waals surface area contributed by atoms with Crippen LogP contribution in [0.2, 0.25) is 0 Å². The lowest BCUT2D eigenvalue weighted by molar-refractivity contribution is 0.0887. The Bertz CT molecular complexity index is 300. The van der Waals surface area contributed by atoms with Gasteiger partial charge < -0.3 is 9.30 Å². The zero-order valence-electron chi connectivity index (χ0n) is 8.32. The minimum Gasteiger partial charge on any atom is -0.372 e. The molecule has 0 aliphatic carbocycles. The summed E-state index contributed by atoms with van der Waals surface area (Å²) in [6.45, 7) is 3.86. The first kappa shape index (κ1) is 9.99. The first-order valence-corrected chi connectivity index (χ1v) is 5.57.